The molecular formula is C23H20Cl2N2O5. The van der Waals surface area contributed by atoms with E-state index < -0.39 is 12.0 Å². The van der Waals surface area contributed by atoms with E-state index in [1.54, 1.807) is 55.5 Å². The second-order valence-corrected chi connectivity index (χ2v) is 7.78. The van der Waals surface area contributed by atoms with Gasteiger partial charge >= 0.3 is 5.97 Å². The van der Waals surface area contributed by atoms with Gasteiger partial charge in [0.15, 0.2) is 5.78 Å². The Morgan fingerprint density at radius 3 is 2.47 bits per heavy atom. The Hall–Kier alpha value is -3.13. The van der Waals surface area contributed by atoms with Crippen LogP contribution < -0.4 is 10.5 Å². The van der Waals surface area contributed by atoms with Crippen molar-refractivity contribution in [2.75, 3.05) is 0 Å². The van der Waals surface area contributed by atoms with Gasteiger partial charge < -0.3 is 20.1 Å². The molecule has 3 N–H and O–H groups in total. The maximum atomic E-state index is 11.8. The molecular weight excluding hydrogens is 455 g/mol. The maximum Gasteiger partial charge on any atom is 0.320 e. The largest absolute Gasteiger partial charge is 0.489 e. The number of carbonyl (C=O) groups is 2. The fourth-order valence-corrected chi connectivity index (χ4v) is 3.45. The number of rotatable bonds is 9. The summed E-state index contributed by atoms with van der Waals surface area (Å²) < 4.78 is 11.2. The highest BCUT2D eigenvalue weighted by atomic mass is 35.5. The van der Waals surface area contributed by atoms with Gasteiger partial charge in [-0.15, -0.1) is 0 Å². The molecule has 3 aromatic rings. The summed E-state index contributed by atoms with van der Waals surface area (Å²) in [5.74, 6) is -0.392. The minimum absolute atomic E-state index is 0.187. The number of allylic oxidation sites excluding steroid dienone is 1. The molecule has 7 nitrogen and oxygen atoms in total. The molecule has 0 spiro atoms. The van der Waals surface area contributed by atoms with Crippen LogP contribution in [0.2, 0.25) is 10.0 Å². The van der Waals surface area contributed by atoms with Crippen LogP contribution in [0.25, 0.3) is 17.3 Å². The van der Waals surface area contributed by atoms with E-state index in [9.17, 15) is 9.59 Å². The third kappa shape index (κ3) is 5.76. The molecule has 0 aliphatic rings. The van der Waals surface area contributed by atoms with Crippen molar-refractivity contribution in [2.24, 2.45) is 5.73 Å². The van der Waals surface area contributed by atoms with E-state index >= 15 is 0 Å². The predicted molar refractivity (Wildman–Crippen MR) is 122 cm³/mol. The summed E-state index contributed by atoms with van der Waals surface area (Å²) in [6.45, 7) is 1.97. The Morgan fingerprint density at radius 1 is 1.19 bits per heavy atom. The van der Waals surface area contributed by atoms with Gasteiger partial charge in [-0.1, -0.05) is 52.6 Å². The molecule has 0 bridgehead atoms. The number of aromatic nitrogens is 1. The lowest BCUT2D eigenvalue weighted by molar-refractivity contribution is -0.139. The monoisotopic (exact) mass is 474 g/mol. The molecule has 0 amide bonds. The summed E-state index contributed by atoms with van der Waals surface area (Å²) in [7, 11) is 0. The quantitative estimate of drug-likeness (QED) is 0.422. The minimum atomic E-state index is -1.21. The lowest BCUT2D eigenvalue weighted by Gasteiger charge is -2.09. The molecule has 0 radical (unpaired) electrons. The van der Waals surface area contributed by atoms with E-state index in [1.807, 2.05) is 0 Å². The van der Waals surface area contributed by atoms with Crippen LogP contribution in [-0.2, 0) is 16.2 Å². The molecule has 9 heteroatoms. The number of ether oxygens (including phenoxy) is 1. The average molecular weight is 475 g/mol. The van der Waals surface area contributed by atoms with Gasteiger partial charge in [0, 0.05) is 12.0 Å². The van der Waals surface area contributed by atoms with Crippen molar-refractivity contribution in [3.05, 3.63) is 75.5 Å². The van der Waals surface area contributed by atoms with Crippen molar-refractivity contribution in [3.63, 3.8) is 0 Å². The molecule has 0 unspecified atom stereocenters. The minimum Gasteiger partial charge on any atom is -0.489 e. The molecule has 1 heterocycles. The van der Waals surface area contributed by atoms with Crippen molar-refractivity contribution < 1.29 is 24.0 Å². The van der Waals surface area contributed by atoms with E-state index in [-0.39, 0.29) is 18.8 Å². The van der Waals surface area contributed by atoms with Crippen LogP contribution in [0.15, 0.2) is 53.1 Å². The second kappa shape index (κ2) is 10.5. The molecule has 0 aliphatic carbocycles. The van der Waals surface area contributed by atoms with Gasteiger partial charge in [0.25, 0.3) is 0 Å². The fourth-order valence-electron chi connectivity index (χ4n) is 2.87. The highest BCUT2D eigenvalue weighted by Crippen LogP contribution is 2.37. The average Bonchev–Trinajstić information content (AvgIpc) is 3.11. The first-order valence-electron chi connectivity index (χ1n) is 9.58. The zero-order valence-electron chi connectivity index (χ0n) is 17.0. The van der Waals surface area contributed by atoms with Gasteiger partial charge in [-0.2, -0.15) is 0 Å². The van der Waals surface area contributed by atoms with Crippen LogP contribution in [0.1, 0.15) is 23.3 Å². The molecule has 32 heavy (non-hydrogen) atoms. The van der Waals surface area contributed by atoms with Gasteiger partial charge in [0.1, 0.15) is 29.9 Å². The second-order valence-electron chi connectivity index (χ2n) is 6.97. The van der Waals surface area contributed by atoms with Crippen LogP contribution in [0, 0.1) is 6.92 Å². The van der Waals surface area contributed by atoms with Crippen LogP contribution >= 0.6 is 23.2 Å². The summed E-state index contributed by atoms with van der Waals surface area (Å²) >= 11 is 12.6. The Morgan fingerprint density at radius 2 is 1.84 bits per heavy atom. The van der Waals surface area contributed by atoms with Crippen molar-refractivity contribution in [3.8, 4) is 17.0 Å². The van der Waals surface area contributed by atoms with Gasteiger partial charge in [-0.25, -0.2) is 0 Å². The van der Waals surface area contributed by atoms with Crippen LogP contribution in [0.5, 0.6) is 5.75 Å². The highest BCUT2D eigenvalue weighted by Gasteiger charge is 2.20. The van der Waals surface area contributed by atoms with Crippen molar-refractivity contribution >= 4 is 41.0 Å². The Labute approximate surface area is 194 Å². The predicted octanol–water partition coefficient (Wildman–Crippen LogP) is 4.92. The van der Waals surface area contributed by atoms with Crippen molar-refractivity contribution in [1.82, 2.24) is 5.16 Å². The molecule has 0 fully saturated rings. The molecule has 2 aromatic carbocycles. The molecule has 1 atom stereocenters. The number of nitrogens with zero attached hydrogens (tertiary/aromatic N) is 1. The number of hydrogen-bond donors (Lipinski definition) is 2. The lowest BCUT2D eigenvalue weighted by atomic mass is 10.1. The number of aryl methyl sites for hydroxylation is 1. The van der Waals surface area contributed by atoms with E-state index in [2.05, 4.69) is 5.16 Å². The van der Waals surface area contributed by atoms with Crippen molar-refractivity contribution in [1.29, 1.82) is 0 Å². The van der Waals surface area contributed by atoms with Gasteiger partial charge in [0.05, 0.1) is 15.6 Å². The number of carboxylic acids is 1. The van der Waals surface area contributed by atoms with Crippen LogP contribution in [0.3, 0.4) is 0 Å². The third-order valence-corrected chi connectivity index (χ3v) is 5.28. The molecule has 0 aliphatic heterocycles. The van der Waals surface area contributed by atoms with E-state index in [1.165, 1.54) is 6.08 Å². The number of hydrogen-bond acceptors (Lipinski definition) is 6. The lowest BCUT2D eigenvalue weighted by Crippen LogP contribution is -2.32. The number of ketones is 1. The molecule has 166 valence electrons. The molecule has 0 saturated carbocycles. The van der Waals surface area contributed by atoms with Gasteiger partial charge in [0.2, 0.25) is 0 Å². The summed E-state index contributed by atoms with van der Waals surface area (Å²) in [4.78, 5) is 22.5. The number of carboxylic acid groups (broad SMARTS) is 1. The maximum absolute atomic E-state index is 11.8. The Balaban J connectivity index is 1.67. The van der Waals surface area contributed by atoms with Crippen LogP contribution in [-0.4, -0.2) is 28.1 Å². The first-order chi connectivity index (χ1) is 15.3. The number of aliphatic carboxylic acids is 1. The van der Waals surface area contributed by atoms with Crippen LogP contribution in [0.4, 0.5) is 0 Å². The summed E-state index contributed by atoms with van der Waals surface area (Å²) in [6.07, 6.45) is 2.63. The first kappa shape index (κ1) is 23.5. The number of nitrogens with two attached hydrogens (primary N) is 1. The first-order valence-corrected chi connectivity index (χ1v) is 10.3. The Kier molecular flexibility index (Phi) is 7.69. The van der Waals surface area contributed by atoms with E-state index in [0.29, 0.717) is 32.8 Å². The number of benzene rings is 2. The Bertz CT molecular complexity index is 1140. The zero-order chi connectivity index (χ0) is 23.3. The summed E-state index contributed by atoms with van der Waals surface area (Å²) in [6, 6.07) is 11.0. The van der Waals surface area contributed by atoms with E-state index in [4.69, 9.17) is 43.3 Å². The summed E-state index contributed by atoms with van der Waals surface area (Å²) in [5.41, 5.74) is 7.94. The summed E-state index contributed by atoms with van der Waals surface area (Å²) in [5, 5.41) is 13.8. The highest BCUT2D eigenvalue weighted by molar-refractivity contribution is 6.39. The topological polar surface area (TPSA) is 116 Å². The number of halogens is 2. The standard InChI is InChI=1S/C23H20Cl2N2O5/c1-13-17(22(27-32-13)21-18(24)3-2-4-19(21)25)12-31-16-9-6-14(7-10-16)5-8-15(28)11-20(26)23(29)30/h2-10,20H,11-12,26H2,1H3,(H,29,30)/t20-/m0/s1. The normalized spacial score (nSPS) is 12.1. The smallest absolute Gasteiger partial charge is 0.320 e. The molecule has 0 saturated heterocycles. The zero-order valence-corrected chi connectivity index (χ0v) is 18.6. The molecule has 3 rings (SSSR count). The number of carbonyl (C=O) groups excluding carboxylic acids is 1. The fraction of sp³-hybridized carbons (Fsp3) is 0.174. The molecule has 1 aromatic heterocycles. The SMILES string of the molecule is Cc1onc(-c2c(Cl)cccc2Cl)c1COc1ccc(C=CC(=O)C[C@H](N)C(=O)O)cc1. The van der Waals surface area contributed by atoms with E-state index in [0.717, 1.165) is 11.1 Å². The third-order valence-electron chi connectivity index (χ3n) is 4.65. The van der Waals surface area contributed by atoms with Gasteiger partial charge in [-0.05, 0) is 42.8 Å². The van der Waals surface area contributed by atoms with Gasteiger partial charge in [-0.3, -0.25) is 9.59 Å². The van der Waals surface area contributed by atoms with Crippen molar-refractivity contribution in [2.45, 2.75) is 26.0 Å².